The van der Waals surface area contributed by atoms with E-state index in [0.29, 0.717) is 26.2 Å². The van der Waals surface area contributed by atoms with Crippen molar-refractivity contribution >= 4 is 5.97 Å². The van der Waals surface area contributed by atoms with Crippen molar-refractivity contribution in [2.75, 3.05) is 26.4 Å². The average molecular weight is 287 g/mol. The summed E-state index contributed by atoms with van der Waals surface area (Å²) in [4.78, 5) is 11.6. The summed E-state index contributed by atoms with van der Waals surface area (Å²) in [7, 11) is 0. The Morgan fingerprint density at radius 1 is 1.40 bits per heavy atom. The van der Waals surface area contributed by atoms with Crippen LogP contribution in [-0.4, -0.2) is 44.0 Å². The lowest BCUT2D eigenvalue weighted by molar-refractivity contribution is -0.149. The summed E-state index contributed by atoms with van der Waals surface area (Å²) in [5.41, 5.74) is 5.06. The van der Waals surface area contributed by atoms with Gasteiger partial charge in [-0.3, -0.25) is 4.79 Å². The van der Waals surface area contributed by atoms with Crippen molar-refractivity contribution in [1.29, 1.82) is 0 Å². The van der Waals surface area contributed by atoms with Gasteiger partial charge in [0.25, 0.3) is 0 Å². The number of rotatable bonds is 9. The van der Waals surface area contributed by atoms with Gasteiger partial charge in [-0.05, 0) is 52.4 Å². The summed E-state index contributed by atoms with van der Waals surface area (Å²) in [5.74, 6) is -0.323. The predicted molar refractivity (Wildman–Crippen MR) is 77.5 cm³/mol. The minimum Gasteiger partial charge on any atom is -0.465 e. The average Bonchev–Trinajstić information content (AvgIpc) is 2.44. The number of hydrogen-bond donors (Lipinski definition) is 1. The van der Waals surface area contributed by atoms with Crippen LogP contribution in [0.15, 0.2) is 0 Å². The van der Waals surface area contributed by atoms with Gasteiger partial charge in [0.15, 0.2) is 0 Å². The summed E-state index contributed by atoms with van der Waals surface area (Å²) in [6, 6.07) is 0. The van der Waals surface area contributed by atoms with Crippen LogP contribution < -0.4 is 5.73 Å². The molecule has 0 spiro atoms. The van der Waals surface area contributed by atoms with Crippen molar-refractivity contribution in [1.82, 2.24) is 0 Å². The minimum atomic E-state index is -0.886. The molecule has 0 amide bonds. The van der Waals surface area contributed by atoms with E-state index in [-0.39, 0.29) is 12.1 Å². The Bertz CT molecular complexity index is 275. The van der Waals surface area contributed by atoms with Gasteiger partial charge >= 0.3 is 5.97 Å². The molecule has 1 fully saturated rings. The van der Waals surface area contributed by atoms with Gasteiger partial charge in [0, 0.05) is 13.2 Å². The second-order valence-electron chi connectivity index (χ2n) is 5.66. The summed E-state index contributed by atoms with van der Waals surface area (Å²) in [6.45, 7) is 6.11. The number of ether oxygens (including phenoxy) is 3. The zero-order valence-electron chi connectivity index (χ0n) is 12.9. The quantitative estimate of drug-likeness (QED) is 0.519. The van der Waals surface area contributed by atoms with Gasteiger partial charge in [0.2, 0.25) is 0 Å². The van der Waals surface area contributed by atoms with Crippen LogP contribution in [0.2, 0.25) is 0 Å². The maximum atomic E-state index is 11.6. The van der Waals surface area contributed by atoms with Gasteiger partial charge in [-0.2, -0.15) is 0 Å². The van der Waals surface area contributed by atoms with Crippen molar-refractivity contribution < 1.29 is 19.0 Å². The zero-order chi connectivity index (χ0) is 14.8. The SMILES string of the molecule is CCOC(=O)C(C)(N)CCCCOCC1CCCCO1. The van der Waals surface area contributed by atoms with Crippen LogP contribution >= 0.6 is 0 Å². The Morgan fingerprint density at radius 3 is 2.85 bits per heavy atom. The topological polar surface area (TPSA) is 70.8 Å². The van der Waals surface area contributed by atoms with Crippen molar-refractivity contribution in [3.8, 4) is 0 Å². The van der Waals surface area contributed by atoms with Crippen LogP contribution in [0.4, 0.5) is 0 Å². The highest BCUT2D eigenvalue weighted by Gasteiger charge is 2.29. The molecule has 0 aromatic rings. The second-order valence-corrected chi connectivity index (χ2v) is 5.66. The molecule has 1 heterocycles. The molecule has 2 atom stereocenters. The maximum absolute atomic E-state index is 11.6. The molecule has 0 saturated carbocycles. The monoisotopic (exact) mass is 287 g/mol. The van der Waals surface area contributed by atoms with Gasteiger partial charge < -0.3 is 19.9 Å². The van der Waals surface area contributed by atoms with Crippen LogP contribution in [0, 0.1) is 0 Å². The van der Waals surface area contributed by atoms with E-state index in [2.05, 4.69) is 0 Å². The number of carbonyl (C=O) groups is 1. The molecule has 1 saturated heterocycles. The Kier molecular flexibility index (Phi) is 8.11. The van der Waals surface area contributed by atoms with Crippen molar-refractivity contribution in [3.63, 3.8) is 0 Å². The van der Waals surface area contributed by atoms with E-state index in [1.807, 2.05) is 0 Å². The predicted octanol–water partition coefficient (Wildman–Crippen LogP) is 2.02. The van der Waals surface area contributed by atoms with Crippen LogP contribution in [0.5, 0.6) is 0 Å². The van der Waals surface area contributed by atoms with E-state index in [9.17, 15) is 4.79 Å². The number of carbonyl (C=O) groups excluding carboxylic acids is 1. The van der Waals surface area contributed by atoms with E-state index < -0.39 is 5.54 Å². The van der Waals surface area contributed by atoms with Gasteiger partial charge in [-0.15, -0.1) is 0 Å². The molecule has 0 aliphatic carbocycles. The molecule has 2 N–H and O–H groups in total. The third kappa shape index (κ3) is 6.68. The molecule has 5 nitrogen and oxygen atoms in total. The largest absolute Gasteiger partial charge is 0.465 e. The lowest BCUT2D eigenvalue weighted by atomic mass is 9.96. The van der Waals surface area contributed by atoms with Gasteiger partial charge in [0.1, 0.15) is 5.54 Å². The van der Waals surface area contributed by atoms with E-state index in [1.54, 1.807) is 13.8 Å². The highest BCUT2D eigenvalue weighted by molar-refractivity contribution is 5.79. The molecule has 0 aromatic carbocycles. The van der Waals surface area contributed by atoms with Crippen molar-refractivity contribution in [3.05, 3.63) is 0 Å². The first kappa shape index (κ1) is 17.4. The fourth-order valence-corrected chi connectivity index (χ4v) is 2.25. The molecule has 0 bridgehead atoms. The number of hydrogen-bond acceptors (Lipinski definition) is 5. The Hall–Kier alpha value is -0.650. The molecule has 1 rings (SSSR count). The normalized spacial score (nSPS) is 22.2. The molecule has 1 aliphatic rings. The summed E-state index contributed by atoms with van der Waals surface area (Å²) < 4.78 is 16.2. The summed E-state index contributed by atoms with van der Waals surface area (Å²) in [6.07, 6.45) is 6.15. The first-order valence-electron chi connectivity index (χ1n) is 7.71. The highest BCUT2D eigenvalue weighted by Crippen LogP contribution is 2.14. The maximum Gasteiger partial charge on any atom is 0.325 e. The van der Waals surface area contributed by atoms with Gasteiger partial charge in [-0.25, -0.2) is 0 Å². The first-order valence-corrected chi connectivity index (χ1v) is 7.71. The minimum absolute atomic E-state index is 0.267. The fraction of sp³-hybridized carbons (Fsp3) is 0.933. The van der Waals surface area contributed by atoms with Gasteiger partial charge in [0.05, 0.1) is 19.3 Å². The number of unbranched alkanes of at least 4 members (excludes halogenated alkanes) is 1. The Morgan fingerprint density at radius 2 is 2.20 bits per heavy atom. The third-order valence-corrected chi connectivity index (χ3v) is 3.55. The van der Waals surface area contributed by atoms with Crippen molar-refractivity contribution in [2.45, 2.75) is 64.0 Å². The fourth-order valence-electron chi connectivity index (χ4n) is 2.25. The molecule has 1 aliphatic heterocycles. The number of nitrogens with two attached hydrogens (primary N) is 1. The molecule has 0 aromatic heterocycles. The van der Waals surface area contributed by atoms with Crippen LogP contribution in [-0.2, 0) is 19.0 Å². The molecule has 5 heteroatoms. The summed E-state index contributed by atoms with van der Waals surface area (Å²) in [5, 5.41) is 0. The molecule has 118 valence electrons. The molecule has 20 heavy (non-hydrogen) atoms. The lowest BCUT2D eigenvalue weighted by Crippen LogP contribution is -2.46. The second kappa shape index (κ2) is 9.32. The molecular weight excluding hydrogens is 258 g/mol. The van der Waals surface area contributed by atoms with Crippen LogP contribution in [0.25, 0.3) is 0 Å². The molecular formula is C15H29NO4. The molecule has 2 unspecified atom stereocenters. The zero-order valence-corrected chi connectivity index (χ0v) is 12.9. The first-order chi connectivity index (χ1) is 9.56. The van der Waals surface area contributed by atoms with Crippen molar-refractivity contribution in [2.24, 2.45) is 5.73 Å². The van der Waals surface area contributed by atoms with E-state index in [0.717, 1.165) is 25.9 Å². The lowest BCUT2D eigenvalue weighted by Gasteiger charge is -2.23. The third-order valence-electron chi connectivity index (χ3n) is 3.55. The van der Waals surface area contributed by atoms with E-state index >= 15 is 0 Å². The van der Waals surface area contributed by atoms with E-state index in [4.69, 9.17) is 19.9 Å². The Labute approximate surface area is 122 Å². The molecule has 0 radical (unpaired) electrons. The van der Waals surface area contributed by atoms with E-state index in [1.165, 1.54) is 12.8 Å². The Balaban J connectivity index is 2.02. The van der Waals surface area contributed by atoms with Gasteiger partial charge in [-0.1, -0.05) is 0 Å². The highest BCUT2D eigenvalue weighted by atomic mass is 16.5. The number of esters is 1. The standard InChI is InChI=1S/C15H29NO4/c1-3-19-14(17)15(2,16)9-5-7-10-18-12-13-8-4-6-11-20-13/h13H,3-12,16H2,1-2H3. The van der Waals surface area contributed by atoms with Crippen LogP contribution in [0.3, 0.4) is 0 Å². The smallest absolute Gasteiger partial charge is 0.325 e. The van der Waals surface area contributed by atoms with Crippen LogP contribution in [0.1, 0.15) is 52.4 Å². The summed E-state index contributed by atoms with van der Waals surface area (Å²) >= 11 is 0.